The van der Waals surface area contributed by atoms with Gasteiger partial charge in [0.25, 0.3) is 11.8 Å². The molecule has 0 fully saturated rings. The van der Waals surface area contributed by atoms with Gasteiger partial charge in [-0.05, 0) is 42.8 Å². The molecule has 0 bridgehead atoms. The van der Waals surface area contributed by atoms with Gasteiger partial charge in [-0.15, -0.1) is 11.3 Å². The van der Waals surface area contributed by atoms with Crippen LogP contribution in [0.4, 0.5) is 10.1 Å². The highest BCUT2D eigenvalue weighted by atomic mass is 35.5. The third-order valence-corrected chi connectivity index (χ3v) is 8.58. The second-order valence-electron chi connectivity index (χ2n) is 7.93. The first kappa shape index (κ1) is 27.1. The van der Waals surface area contributed by atoms with Crippen molar-refractivity contribution in [1.82, 2.24) is 9.62 Å². The first-order valence-electron chi connectivity index (χ1n) is 10.3. The van der Waals surface area contributed by atoms with Gasteiger partial charge in [0, 0.05) is 36.8 Å². The maximum Gasteiger partial charge on any atom is 0.275 e. The van der Waals surface area contributed by atoms with Crippen LogP contribution < -0.4 is 9.62 Å². The number of carbonyl (C=O) groups is 2. The summed E-state index contributed by atoms with van der Waals surface area (Å²) in [7, 11) is -5.71. The van der Waals surface area contributed by atoms with E-state index in [1.54, 1.807) is 12.1 Å². The van der Waals surface area contributed by atoms with Gasteiger partial charge in [0.15, 0.2) is 0 Å². The summed E-state index contributed by atoms with van der Waals surface area (Å²) in [4.78, 5) is 28.2. The third-order valence-electron chi connectivity index (χ3n) is 5.09. The molecule has 2 heterocycles. The number of carbonyl (C=O) groups excluding carboxylic acids is 2. The van der Waals surface area contributed by atoms with Crippen molar-refractivity contribution in [3.05, 3.63) is 62.7 Å². The van der Waals surface area contributed by atoms with Crippen LogP contribution in [0.2, 0.25) is 4.34 Å². The molecule has 1 aliphatic heterocycles. The number of sulfone groups is 1. The van der Waals surface area contributed by atoms with Gasteiger partial charge in [0.05, 0.1) is 21.5 Å². The highest BCUT2D eigenvalue weighted by molar-refractivity contribution is 7.90. The van der Waals surface area contributed by atoms with Crippen LogP contribution in [0.25, 0.3) is 0 Å². The van der Waals surface area contributed by atoms with E-state index in [4.69, 9.17) is 11.6 Å². The Bertz CT molecular complexity index is 1390. The molecule has 0 radical (unpaired) electrons. The Morgan fingerprint density at radius 3 is 2.51 bits per heavy atom. The molecule has 1 N–H and O–H groups in total. The highest BCUT2D eigenvalue weighted by Gasteiger charge is 2.30. The number of hydrogen-bond donors (Lipinski definition) is 1. The minimum Gasteiger partial charge on any atom is -0.341 e. The van der Waals surface area contributed by atoms with Gasteiger partial charge in [-0.1, -0.05) is 11.6 Å². The zero-order valence-corrected chi connectivity index (χ0v) is 22.0. The molecule has 0 saturated carbocycles. The third kappa shape index (κ3) is 7.26. The first-order valence-corrected chi connectivity index (χ1v) is 15.2. The molecule has 0 saturated heterocycles. The van der Waals surface area contributed by atoms with Crippen LogP contribution in [0.1, 0.15) is 15.2 Å². The van der Waals surface area contributed by atoms with Crippen LogP contribution >= 0.6 is 22.9 Å². The van der Waals surface area contributed by atoms with Crippen LogP contribution in [0, 0.1) is 5.82 Å². The summed E-state index contributed by atoms with van der Waals surface area (Å²) in [5.74, 6) is -2.65. The summed E-state index contributed by atoms with van der Waals surface area (Å²) < 4.78 is 65.0. The zero-order chi connectivity index (χ0) is 26.0. The molecular weight excluding hydrogens is 541 g/mol. The fourth-order valence-corrected chi connectivity index (χ4v) is 6.13. The molecule has 0 spiro atoms. The molecule has 1 aliphatic rings. The van der Waals surface area contributed by atoms with E-state index in [0.29, 0.717) is 4.34 Å². The largest absolute Gasteiger partial charge is 0.341 e. The summed E-state index contributed by atoms with van der Waals surface area (Å²) >= 11 is 7.11. The summed E-state index contributed by atoms with van der Waals surface area (Å²) in [5, 5.41) is 0. The lowest BCUT2D eigenvalue weighted by Crippen LogP contribution is -2.35. The van der Waals surface area contributed by atoms with Crippen LogP contribution in [0.15, 0.2) is 42.1 Å². The Hall–Kier alpha value is -2.48. The van der Waals surface area contributed by atoms with Crippen molar-refractivity contribution >= 4 is 60.3 Å². The Kier molecular flexibility index (Phi) is 8.25. The fourth-order valence-electron chi connectivity index (χ4n) is 3.21. The predicted molar refractivity (Wildman–Crippen MR) is 133 cm³/mol. The lowest BCUT2D eigenvalue weighted by molar-refractivity contribution is -0.114. The normalized spacial score (nSPS) is 14.2. The molecule has 2 aromatic rings. The van der Waals surface area contributed by atoms with Gasteiger partial charge in [-0.25, -0.2) is 21.2 Å². The molecule has 1 aromatic heterocycles. The molecule has 0 atom stereocenters. The summed E-state index contributed by atoms with van der Waals surface area (Å²) in [6, 6.07) is 6.92. The van der Waals surface area contributed by atoms with Crippen LogP contribution in [0.3, 0.4) is 0 Å². The number of sulfonamides is 1. The standard InChI is InChI=1S/C21H23ClFN3O6S3/c1-25(10-12-34(2,29)30)20(27)14-3-5-18(16(23)13-14)26-9-7-17(21(26)28)24-35(31,32)11-8-15-4-6-19(22)33-15/h3-7,13,24H,8-12H2,1-2H3. The lowest BCUT2D eigenvalue weighted by Gasteiger charge is -2.20. The van der Waals surface area contributed by atoms with Crippen LogP contribution in [0.5, 0.6) is 0 Å². The summed E-state index contributed by atoms with van der Waals surface area (Å²) in [6.07, 6.45) is 2.62. The minimum atomic E-state index is -3.84. The second-order valence-corrected chi connectivity index (χ2v) is 13.8. The molecule has 190 valence electrons. The van der Waals surface area contributed by atoms with E-state index in [0.717, 1.165) is 27.0 Å². The number of nitrogens with one attached hydrogen (secondary N) is 1. The zero-order valence-electron chi connectivity index (χ0n) is 18.8. The number of nitrogens with zero attached hydrogens (tertiary/aromatic N) is 2. The van der Waals surface area contributed by atoms with Crippen molar-refractivity contribution in [2.24, 2.45) is 0 Å². The predicted octanol–water partition coefficient (Wildman–Crippen LogP) is 2.05. The SMILES string of the molecule is CN(CCS(C)(=O)=O)C(=O)c1ccc(N2CC=C(NS(=O)(=O)CCc3ccc(Cl)s3)C2=O)c(F)c1. The molecular formula is C21H23ClFN3O6S3. The average molecular weight is 564 g/mol. The molecule has 2 amide bonds. The number of anilines is 1. The molecule has 3 rings (SSSR count). The van der Waals surface area contributed by atoms with Crippen LogP contribution in [-0.2, 0) is 31.1 Å². The van der Waals surface area contributed by atoms with Gasteiger partial charge < -0.3 is 9.80 Å². The van der Waals surface area contributed by atoms with Crippen LogP contribution in [-0.4, -0.2) is 71.4 Å². The topological polar surface area (TPSA) is 121 Å². The van der Waals surface area contributed by atoms with E-state index in [-0.39, 0.29) is 48.0 Å². The van der Waals surface area contributed by atoms with Crippen molar-refractivity contribution in [2.45, 2.75) is 6.42 Å². The van der Waals surface area contributed by atoms with Crippen molar-refractivity contribution in [1.29, 1.82) is 0 Å². The fraction of sp³-hybridized carbons (Fsp3) is 0.333. The molecule has 35 heavy (non-hydrogen) atoms. The number of halogens is 2. The van der Waals surface area contributed by atoms with Crippen molar-refractivity contribution in [3.8, 4) is 0 Å². The summed E-state index contributed by atoms with van der Waals surface area (Å²) in [6.45, 7) is -0.117. The van der Waals surface area contributed by atoms with Crippen molar-refractivity contribution < 1.29 is 30.8 Å². The Morgan fingerprint density at radius 2 is 1.91 bits per heavy atom. The molecule has 0 aliphatic carbocycles. The molecule has 14 heteroatoms. The highest BCUT2D eigenvalue weighted by Crippen LogP contribution is 2.26. The number of aryl methyl sites for hydroxylation is 1. The number of thiophene rings is 1. The van der Waals surface area contributed by atoms with E-state index in [2.05, 4.69) is 4.72 Å². The van der Waals surface area contributed by atoms with E-state index in [1.165, 1.54) is 36.6 Å². The van der Waals surface area contributed by atoms with E-state index < -0.39 is 37.5 Å². The van der Waals surface area contributed by atoms with E-state index >= 15 is 0 Å². The van der Waals surface area contributed by atoms with Crippen molar-refractivity contribution in [3.63, 3.8) is 0 Å². The number of amides is 2. The van der Waals surface area contributed by atoms with Gasteiger partial charge in [0.2, 0.25) is 10.0 Å². The van der Waals surface area contributed by atoms with Gasteiger partial charge in [-0.2, -0.15) is 0 Å². The van der Waals surface area contributed by atoms with Gasteiger partial charge in [-0.3, -0.25) is 14.3 Å². The maximum atomic E-state index is 14.8. The Morgan fingerprint density at radius 1 is 1.20 bits per heavy atom. The van der Waals surface area contributed by atoms with Gasteiger partial charge >= 0.3 is 0 Å². The number of benzene rings is 1. The smallest absolute Gasteiger partial charge is 0.275 e. The number of hydrogen-bond acceptors (Lipinski definition) is 7. The first-order chi connectivity index (χ1) is 16.3. The van der Waals surface area contributed by atoms with Gasteiger partial charge in [0.1, 0.15) is 21.4 Å². The Labute approximate surface area is 212 Å². The maximum absolute atomic E-state index is 14.8. The van der Waals surface area contributed by atoms with E-state index in [9.17, 15) is 30.8 Å². The molecule has 1 aromatic carbocycles. The lowest BCUT2D eigenvalue weighted by atomic mass is 10.1. The Balaban J connectivity index is 1.64. The quantitative estimate of drug-likeness (QED) is 0.472. The molecule has 9 nitrogen and oxygen atoms in total. The summed E-state index contributed by atoms with van der Waals surface area (Å²) in [5.41, 5.74) is -0.324. The van der Waals surface area contributed by atoms with E-state index in [1.807, 2.05) is 0 Å². The average Bonchev–Trinajstić information content (AvgIpc) is 3.35. The number of rotatable bonds is 10. The monoisotopic (exact) mass is 563 g/mol. The van der Waals surface area contributed by atoms with Crippen molar-refractivity contribution in [2.75, 3.05) is 42.8 Å². The minimum absolute atomic E-state index is 0.0172. The second kappa shape index (κ2) is 10.6. The molecule has 0 unspecified atom stereocenters.